The Kier molecular flexibility index (Phi) is 9.31. The number of piperidine rings is 1. The summed E-state index contributed by atoms with van der Waals surface area (Å²) in [6.45, 7) is 5.03. The van der Waals surface area contributed by atoms with Crippen molar-refractivity contribution in [2.24, 2.45) is 10.9 Å². The third-order valence-corrected chi connectivity index (χ3v) is 5.98. The van der Waals surface area contributed by atoms with Gasteiger partial charge in [0.2, 0.25) is 5.91 Å². The molecule has 2 fully saturated rings. The van der Waals surface area contributed by atoms with Crippen molar-refractivity contribution < 1.29 is 4.79 Å². The van der Waals surface area contributed by atoms with Crippen LogP contribution in [-0.2, 0) is 4.79 Å². The van der Waals surface area contributed by atoms with E-state index in [4.69, 9.17) is 0 Å². The smallest absolute Gasteiger partial charge is 0.242 e. The lowest BCUT2D eigenvalue weighted by Crippen LogP contribution is -2.45. The molecule has 8 heteroatoms. The van der Waals surface area contributed by atoms with Crippen LogP contribution in [0.25, 0.3) is 0 Å². The lowest BCUT2D eigenvalue weighted by molar-refractivity contribution is -0.119. The number of carbonyl (C=O) groups is 1. The van der Waals surface area contributed by atoms with Gasteiger partial charge in [0.05, 0.1) is 0 Å². The van der Waals surface area contributed by atoms with E-state index in [2.05, 4.69) is 50.4 Å². The van der Waals surface area contributed by atoms with E-state index in [9.17, 15) is 4.79 Å². The predicted octanol–water partition coefficient (Wildman–Crippen LogP) is 2.58. The van der Waals surface area contributed by atoms with E-state index in [1.165, 1.54) is 17.7 Å². The molecule has 0 radical (unpaired) electrons. The molecule has 6 nitrogen and oxygen atoms in total. The second-order valence-corrected chi connectivity index (χ2v) is 8.24. The molecule has 0 aromatic carbocycles. The second-order valence-electron chi connectivity index (χ2n) is 7.26. The first-order chi connectivity index (χ1) is 12.7. The lowest BCUT2D eigenvalue weighted by atomic mass is 9.88. The standard InChI is InChI=1S/C19H31N5OS.HI/c1-3-20-19(22-13-17(25)23-15-8-9-15)21-12-14-6-4-10-24(2)18(14)16-7-5-11-26-16;/h5,7,11,14-15,18H,3-4,6,8-10,12-13H2,1-2H3,(H,23,25)(H2,20,21,22);1H. The van der Waals surface area contributed by atoms with Crippen LogP contribution in [0.4, 0.5) is 0 Å². The number of nitrogens with one attached hydrogen (secondary N) is 3. The highest BCUT2D eigenvalue weighted by Crippen LogP contribution is 2.36. The average Bonchev–Trinajstić information content (AvgIpc) is 3.27. The highest BCUT2D eigenvalue weighted by atomic mass is 127. The number of halogens is 1. The monoisotopic (exact) mass is 505 g/mol. The van der Waals surface area contributed by atoms with Crippen LogP contribution < -0.4 is 16.0 Å². The molecular weight excluding hydrogens is 473 g/mol. The Morgan fingerprint density at radius 1 is 1.33 bits per heavy atom. The van der Waals surface area contributed by atoms with Crippen molar-refractivity contribution in [2.75, 3.05) is 33.2 Å². The minimum atomic E-state index is 0. The van der Waals surface area contributed by atoms with Gasteiger partial charge in [0.1, 0.15) is 6.54 Å². The summed E-state index contributed by atoms with van der Waals surface area (Å²) < 4.78 is 0. The van der Waals surface area contributed by atoms with Crippen LogP contribution in [0.1, 0.15) is 43.5 Å². The number of hydrogen-bond acceptors (Lipinski definition) is 4. The van der Waals surface area contributed by atoms with Crippen molar-refractivity contribution >= 4 is 47.2 Å². The number of aliphatic imine (C=N–C) groups is 1. The summed E-state index contributed by atoms with van der Waals surface area (Å²) in [4.78, 5) is 20.2. The summed E-state index contributed by atoms with van der Waals surface area (Å²) in [6, 6.07) is 5.22. The highest BCUT2D eigenvalue weighted by Gasteiger charge is 2.31. The van der Waals surface area contributed by atoms with E-state index in [1.54, 1.807) is 0 Å². The number of rotatable bonds is 7. The third-order valence-electron chi connectivity index (χ3n) is 5.04. The van der Waals surface area contributed by atoms with Gasteiger partial charge >= 0.3 is 0 Å². The van der Waals surface area contributed by atoms with Gasteiger partial charge in [-0.3, -0.25) is 9.69 Å². The van der Waals surface area contributed by atoms with Crippen molar-refractivity contribution in [1.29, 1.82) is 0 Å². The molecular formula is C19H32IN5OS. The maximum atomic E-state index is 11.9. The zero-order valence-corrected chi connectivity index (χ0v) is 19.4. The largest absolute Gasteiger partial charge is 0.357 e. The molecule has 2 atom stereocenters. The van der Waals surface area contributed by atoms with E-state index >= 15 is 0 Å². The Morgan fingerprint density at radius 3 is 2.81 bits per heavy atom. The predicted molar refractivity (Wildman–Crippen MR) is 123 cm³/mol. The Hall–Kier alpha value is -0.870. The Labute approximate surface area is 183 Å². The zero-order chi connectivity index (χ0) is 18.4. The highest BCUT2D eigenvalue weighted by molar-refractivity contribution is 14.0. The van der Waals surface area contributed by atoms with Crippen LogP contribution in [0.3, 0.4) is 0 Å². The van der Waals surface area contributed by atoms with E-state index in [0.717, 1.165) is 38.4 Å². The number of carbonyl (C=O) groups excluding carboxylic acids is 1. The van der Waals surface area contributed by atoms with Crippen molar-refractivity contribution in [1.82, 2.24) is 20.9 Å². The normalized spacial score (nSPS) is 23.4. The molecule has 2 unspecified atom stereocenters. The molecule has 1 amide bonds. The molecule has 0 spiro atoms. The Balaban J connectivity index is 0.00000261. The number of likely N-dealkylation sites (tertiary alicyclic amines) is 1. The van der Waals surface area contributed by atoms with Crippen molar-refractivity contribution in [3.63, 3.8) is 0 Å². The molecule has 2 aliphatic rings. The van der Waals surface area contributed by atoms with Gasteiger partial charge in [0, 0.05) is 30.1 Å². The molecule has 1 aromatic rings. The van der Waals surface area contributed by atoms with Crippen LogP contribution in [0.15, 0.2) is 22.5 Å². The summed E-state index contributed by atoms with van der Waals surface area (Å²) in [6.07, 6.45) is 4.64. The van der Waals surface area contributed by atoms with Gasteiger partial charge in [0.25, 0.3) is 0 Å². The topological polar surface area (TPSA) is 68.8 Å². The van der Waals surface area contributed by atoms with Gasteiger partial charge in [-0.2, -0.15) is 0 Å². The van der Waals surface area contributed by atoms with E-state index in [0.29, 0.717) is 18.0 Å². The van der Waals surface area contributed by atoms with Crippen LogP contribution >= 0.6 is 35.3 Å². The molecule has 0 bridgehead atoms. The van der Waals surface area contributed by atoms with E-state index < -0.39 is 0 Å². The third kappa shape index (κ3) is 6.90. The van der Waals surface area contributed by atoms with Crippen molar-refractivity contribution in [3.05, 3.63) is 22.4 Å². The molecule has 2 heterocycles. The minimum absolute atomic E-state index is 0. The number of thiophene rings is 1. The first kappa shape index (κ1) is 22.4. The van der Waals surface area contributed by atoms with Crippen LogP contribution in [0.2, 0.25) is 0 Å². The number of hydrogen-bond donors (Lipinski definition) is 3. The first-order valence-corrected chi connectivity index (χ1v) is 10.6. The number of guanidine groups is 1. The lowest BCUT2D eigenvalue weighted by Gasteiger charge is -2.39. The van der Waals surface area contributed by atoms with E-state index in [1.807, 2.05) is 18.3 Å². The molecule has 1 aromatic heterocycles. The van der Waals surface area contributed by atoms with Crippen LogP contribution in [0, 0.1) is 5.92 Å². The van der Waals surface area contributed by atoms with E-state index in [-0.39, 0.29) is 36.4 Å². The summed E-state index contributed by atoms with van der Waals surface area (Å²) in [5.41, 5.74) is 0. The van der Waals surface area contributed by atoms with Gasteiger partial charge in [-0.05, 0) is 63.6 Å². The summed E-state index contributed by atoms with van der Waals surface area (Å²) in [7, 11) is 2.22. The fourth-order valence-corrected chi connectivity index (χ4v) is 4.59. The zero-order valence-electron chi connectivity index (χ0n) is 16.2. The molecule has 27 heavy (non-hydrogen) atoms. The van der Waals surface area contributed by atoms with Gasteiger partial charge in [-0.1, -0.05) is 6.07 Å². The molecule has 1 aliphatic carbocycles. The molecule has 1 aliphatic heterocycles. The molecule has 3 N–H and O–H groups in total. The first-order valence-electron chi connectivity index (χ1n) is 9.72. The average molecular weight is 505 g/mol. The number of nitrogens with zero attached hydrogens (tertiary/aromatic N) is 2. The maximum absolute atomic E-state index is 11.9. The fourth-order valence-electron chi connectivity index (χ4n) is 3.60. The quantitative estimate of drug-likeness (QED) is 0.303. The second kappa shape index (κ2) is 11.2. The Morgan fingerprint density at radius 2 is 2.15 bits per heavy atom. The fraction of sp³-hybridized carbons (Fsp3) is 0.684. The van der Waals surface area contributed by atoms with Crippen molar-refractivity contribution in [3.8, 4) is 0 Å². The maximum Gasteiger partial charge on any atom is 0.242 e. The summed E-state index contributed by atoms with van der Waals surface area (Å²) in [5.74, 6) is 1.28. The van der Waals surface area contributed by atoms with Gasteiger partial charge in [0.15, 0.2) is 5.96 Å². The molecule has 1 saturated carbocycles. The SMILES string of the molecule is CCNC(=NCC(=O)NC1CC1)NCC1CCCN(C)C1c1cccs1.I. The van der Waals surface area contributed by atoms with Crippen LogP contribution in [-0.4, -0.2) is 56.0 Å². The summed E-state index contributed by atoms with van der Waals surface area (Å²) in [5, 5.41) is 11.9. The molecule has 152 valence electrons. The van der Waals surface area contributed by atoms with Gasteiger partial charge < -0.3 is 16.0 Å². The van der Waals surface area contributed by atoms with Crippen LogP contribution in [0.5, 0.6) is 0 Å². The molecule has 1 saturated heterocycles. The Bertz CT molecular complexity index is 605. The number of amides is 1. The summed E-state index contributed by atoms with van der Waals surface area (Å²) >= 11 is 1.84. The van der Waals surface area contributed by atoms with Gasteiger partial charge in [-0.15, -0.1) is 35.3 Å². The molecule has 3 rings (SSSR count). The van der Waals surface area contributed by atoms with Gasteiger partial charge in [-0.25, -0.2) is 4.99 Å². The minimum Gasteiger partial charge on any atom is -0.357 e. The van der Waals surface area contributed by atoms with Crippen molar-refractivity contribution in [2.45, 2.75) is 44.7 Å².